The van der Waals surface area contributed by atoms with Gasteiger partial charge in [-0.2, -0.15) is 0 Å². The van der Waals surface area contributed by atoms with Crippen molar-refractivity contribution in [1.29, 1.82) is 0 Å². The third-order valence-electron chi connectivity index (χ3n) is 9.44. The summed E-state index contributed by atoms with van der Waals surface area (Å²) in [6.07, 6.45) is 7.78. The largest absolute Gasteiger partial charge is 0.491 e. The fourth-order valence-electron chi connectivity index (χ4n) is 6.50. The minimum atomic E-state index is -0.550. The lowest BCUT2D eigenvalue weighted by atomic mass is 9.93. The summed E-state index contributed by atoms with van der Waals surface area (Å²) < 4.78 is 17.2. The molecule has 1 atom stereocenters. The molecule has 48 heavy (non-hydrogen) atoms. The van der Waals surface area contributed by atoms with E-state index in [1.54, 1.807) is 11.0 Å². The van der Waals surface area contributed by atoms with Crippen molar-refractivity contribution >= 4 is 28.6 Å². The van der Waals surface area contributed by atoms with Gasteiger partial charge in [0, 0.05) is 48.5 Å². The number of nitrogens with one attached hydrogen (secondary N) is 1. The zero-order valence-electron chi connectivity index (χ0n) is 28.1. The second-order valence-corrected chi connectivity index (χ2v) is 14.1. The van der Waals surface area contributed by atoms with Gasteiger partial charge in [-0.3, -0.25) is 14.8 Å². The fourth-order valence-corrected chi connectivity index (χ4v) is 6.50. The third-order valence-corrected chi connectivity index (χ3v) is 9.44. The van der Waals surface area contributed by atoms with Gasteiger partial charge in [-0.25, -0.2) is 4.79 Å². The summed E-state index contributed by atoms with van der Waals surface area (Å²) in [5.74, 6) is 0.448. The summed E-state index contributed by atoms with van der Waals surface area (Å²) in [7, 11) is 0. The number of pyridine rings is 2. The number of amides is 2. The monoisotopic (exact) mass is 649 g/mol. The number of rotatable bonds is 8. The number of likely N-dealkylation sites (tertiary alicyclic amines) is 1. The average Bonchev–Trinajstić information content (AvgIpc) is 3.84. The molecule has 2 aliphatic heterocycles. The molecule has 2 saturated heterocycles. The summed E-state index contributed by atoms with van der Waals surface area (Å²) in [6.45, 7) is 11.6. The number of aryl methyl sites for hydroxylation is 1. The van der Waals surface area contributed by atoms with E-state index in [1.807, 2.05) is 64.5 Å². The van der Waals surface area contributed by atoms with Crippen molar-refractivity contribution in [1.82, 2.24) is 20.2 Å². The van der Waals surface area contributed by atoms with E-state index in [1.165, 1.54) is 0 Å². The van der Waals surface area contributed by atoms with E-state index in [0.717, 1.165) is 71.2 Å². The molecule has 2 amide bonds. The molecule has 4 aromatic rings. The standard InChI is InChI=1S/C38H43N5O5/c1-25-7-8-30(47-24-28-9-13-43(28)36(45)48-37(2,3)4)21-32(25)35(44)41-38(10-11-38)33-19-26(20-34-31(33)6-5-12-40-34)27-18-29(23-39-22-27)42-14-16-46-17-15-42/h5-8,12,18-23,28H,9-11,13-17,24H2,1-4H3,(H,41,44)/t28-/m0/s1. The number of benzene rings is 2. The molecular weight excluding hydrogens is 606 g/mol. The van der Waals surface area contributed by atoms with Crippen LogP contribution >= 0.6 is 0 Å². The third kappa shape index (κ3) is 6.67. The molecule has 0 bridgehead atoms. The Bertz CT molecular complexity index is 1840. The van der Waals surface area contributed by atoms with E-state index in [2.05, 4.69) is 39.5 Å². The molecule has 1 aliphatic carbocycles. The van der Waals surface area contributed by atoms with Crippen molar-refractivity contribution in [2.24, 2.45) is 0 Å². The zero-order valence-corrected chi connectivity index (χ0v) is 28.1. The molecule has 3 fully saturated rings. The molecule has 0 radical (unpaired) electrons. The Labute approximate surface area is 281 Å². The second kappa shape index (κ2) is 12.7. The molecule has 10 nitrogen and oxygen atoms in total. The molecule has 1 saturated carbocycles. The highest BCUT2D eigenvalue weighted by atomic mass is 16.6. The number of morpholine rings is 1. The van der Waals surface area contributed by atoms with Crippen molar-refractivity contribution in [2.45, 2.75) is 64.1 Å². The average molecular weight is 650 g/mol. The topological polar surface area (TPSA) is 106 Å². The van der Waals surface area contributed by atoms with E-state index in [-0.39, 0.29) is 18.0 Å². The molecule has 0 spiro atoms. The molecule has 10 heteroatoms. The number of carbonyl (C=O) groups is 2. The van der Waals surface area contributed by atoms with Crippen LogP contribution in [0.5, 0.6) is 5.75 Å². The van der Waals surface area contributed by atoms with Gasteiger partial charge in [0.25, 0.3) is 5.91 Å². The SMILES string of the molecule is Cc1ccc(OC[C@@H]2CCN2C(=O)OC(C)(C)C)cc1C(=O)NC1(c2cc(-c3cncc(N4CCOCC4)c3)cc3ncccc23)CC1. The quantitative estimate of drug-likeness (QED) is 0.239. The number of anilines is 1. The summed E-state index contributed by atoms with van der Waals surface area (Å²) in [4.78, 5) is 39.8. The first-order valence-electron chi connectivity index (χ1n) is 16.8. The number of fused-ring (bicyclic) bond motifs is 1. The van der Waals surface area contributed by atoms with E-state index in [4.69, 9.17) is 19.2 Å². The van der Waals surface area contributed by atoms with Gasteiger partial charge in [-0.1, -0.05) is 12.1 Å². The predicted octanol–water partition coefficient (Wildman–Crippen LogP) is 6.25. The first-order valence-corrected chi connectivity index (χ1v) is 16.8. The normalized spacial score (nSPS) is 18.6. The predicted molar refractivity (Wildman–Crippen MR) is 184 cm³/mol. The Kier molecular flexibility index (Phi) is 8.45. The van der Waals surface area contributed by atoms with Crippen LogP contribution in [0.1, 0.15) is 61.5 Å². The molecule has 2 aromatic carbocycles. The maximum atomic E-state index is 14.0. The van der Waals surface area contributed by atoms with Crippen LogP contribution in [-0.4, -0.2) is 78.0 Å². The smallest absolute Gasteiger partial charge is 0.410 e. The summed E-state index contributed by atoms with van der Waals surface area (Å²) in [6, 6.07) is 16.0. The van der Waals surface area contributed by atoms with Crippen LogP contribution in [0.3, 0.4) is 0 Å². The number of hydrogen-bond acceptors (Lipinski definition) is 8. The minimum absolute atomic E-state index is 0.0629. The number of carbonyl (C=O) groups excluding carboxylic acids is 2. The van der Waals surface area contributed by atoms with Gasteiger partial charge >= 0.3 is 6.09 Å². The second-order valence-electron chi connectivity index (χ2n) is 14.1. The van der Waals surface area contributed by atoms with Crippen LogP contribution < -0.4 is 15.0 Å². The van der Waals surface area contributed by atoms with Gasteiger partial charge in [0.1, 0.15) is 18.0 Å². The van der Waals surface area contributed by atoms with Crippen LogP contribution in [0.2, 0.25) is 0 Å². The zero-order chi connectivity index (χ0) is 33.5. The first kappa shape index (κ1) is 31.9. The lowest BCUT2D eigenvalue weighted by Crippen LogP contribution is -2.55. The minimum Gasteiger partial charge on any atom is -0.491 e. The summed E-state index contributed by atoms with van der Waals surface area (Å²) >= 11 is 0. The Morgan fingerprint density at radius 2 is 1.83 bits per heavy atom. The van der Waals surface area contributed by atoms with Gasteiger partial charge in [0.15, 0.2) is 0 Å². The molecule has 1 N–H and O–H groups in total. The van der Waals surface area contributed by atoms with Crippen molar-refractivity contribution in [3.8, 4) is 16.9 Å². The molecule has 4 heterocycles. The maximum Gasteiger partial charge on any atom is 0.410 e. The lowest BCUT2D eigenvalue weighted by molar-refractivity contribution is -0.0141. The van der Waals surface area contributed by atoms with E-state index >= 15 is 0 Å². The molecular formula is C38H43N5O5. The van der Waals surface area contributed by atoms with Crippen LogP contribution in [0.4, 0.5) is 10.5 Å². The lowest BCUT2D eigenvalue weighted by Gasteiger charge is -2.41. The van der Waals surface area contributed by atoms with E-state index < -0.39 is 11.1 Å². The van der Waals surface area contributed by atoms with Crippen molar-refractivity contribution in [2.75, 3.05) is 44.4 Å². The number of hydrogen-bond donors (Lipinski definition) is 1. The van der Waals surface area contributed by atoms with Gasteiger partial charge in [-0.05, 0) is 100 Å². The van der Waals surface area contributed by atoms with Crippen molar-refractivity contribution < 1.29 is 23.8 Å². The maximum absolute atomic E-state index is 14.0. The number of ether oxygens (including phenoxy) is 3. The molecule has 7 rings (SSSR count). The Hall–Kier alpha value is -4.70. The first-order chi connectivity index (χ1) is 23.1. The summed E-state index contributed by atoms with van der Waals surface area (Å²) in [5, 5.41) is 4.43. The molecule has 2 aromatic heterocycles. The van der Waals surface area contributed by atoms with Crippen molar-refractivity contribution in [3.63, 3.8) is 0 Å². The van der Waals surface area contributed by atoms with Crippen LogP contribution in [-0.2, 0) is 15.0 Å². The van der Waals surface area contributed by atoms with Crippen LogP contribution in [0, 0.1) is 6.92 Å². The highest BCUT2D eigenvalue weighted by molar-refractivity contribution is 5.98. The van der Waals surface area contributed by atoms with E-state index in [0.29, 0.717) is 37.7 Å². The van der Waals surface area contributed by atoms with Crippen LogP contribution in [0.15, 0.2) is 67.1 Å². The summed E-state index contributed by atoms with van der Waals surface area (Å²) in [5.41, 5.74) is 5.41. The van der Waals surface area contributed by atoms with Crippen LogP contribution in [0.25, 0.3) is 22.0 Å². The van der Waals surface area contributed by atoms with E-state index in [9.17, 15) is 9.59 Å². The van der Waals surface area contributed by atoms with Gasteiger partial charge in [0.05, 0.1) is 42.2 Å². The number of nitrogens with zero attached hydrogens (tertiary/aromatic N) is 4. The molecule has 3 aliphatic rings. The van der Waals surface area contributed by atoms with Gasteiger partial charge in [-0.15, -0.1) is 0 Å². The number of aromatic nitrogens is 2. The van der Waals surface area contributed by atoms with Gasteiger partial charge in [0.2, 0.25) is 0 Å². The fraction of sp³-hybridized carbons (Fsp3) is 0.421. The Morgan fingerprint density at radius 1 is 1.02 bits per heavy atom. The highest BCUT2D eigenvalue weighted by Gasteiger charge is 2.47. The molecule has 0 unspecified atom stereocenters. The Morgan fingerprint density at radius 3 is 2.56 bits per heavy atom. The highest BCUT2D eigenvalue weighted by Crippen LogP contribution is 2.49. The molecule has 250 valence electrons. The Balaban J connectivity index is 1.10. The van der Waals surface area contributed by atoms with Crippen molar-refractivity contribution in [3.05, 3.63) is 83.8 Å². The van der Waals surface area contributed by atoms with Gasteiger partial charge < -0.3 is 29.3 Å².